The Kier molecular flexibility index (Phi) is 5.31. The van der Waals surface area contributed by atoms with Crippen LogP contribution in [0.15, 0.2) is 36.7 Å². The molecule has 0 amide bonds. The van der Waals surface area contributed by atoms with Crippen molar-refractivity contribution in [2.75, 3.05) is 6.26 Å². The topological polar surface area (TPSA) is 64.0 Å². The Morgan fingerprint density at radius 3 is 2.77 bits per heavy atom. The molecule has 0 spiro atoms. The zero-order valence-electron chi connectivity index (χ0n) is 12.7. The molecule has 2 rings (SSSR count). The van der Waals surface area contributed by atoms with Gasteiger partial charge in [-0.1, -0.05) is 6.07 Å². The van der Waals surface area contributed by atoms with Gasteiger partial charge in [0.05, 0.1) is 12.3 Å². The molecule has 1 N–H and O–H groups in total. The van der Waals surface area contributed by atoms with Crippen molar-refractivity contribution in [3.05, 3.63) is 53.6 Å². The summed E-state index contributed by atoms with van der Waals surface area (Å²) in [4.78, 5) is 0. The van der Waals surface area contributed by atoms with Crippen LogP contribution in [0.5, 0.6) is 0 Å². The molecule has 0 aliphatic carbocycles. The van der Waals surface area contributed by atoms with Gasteiger partial charge in [-0.2, -0.15) is 5.10 Å². The number of hydrogen-bond acceptors (Lipinski definition) is 4. The predicted molar refractivity (Wildman–Crippen MR) is 83.5 cm³/mol. The number of hydrogen-bond donors (Lipinski definition) is 1. The average Bonchev–Trinajstić information content (AvgIpc) is 2.90. The summed E-state index contributed by atoms with van der Waals surface area (Å²) >= 11 is 0. The molecule has 1 heterocycles. The third-order valence-corrected chi connectivity index (χ3v) is 4.08. The Morgan fingerprint density at radius 1 is 1.36 bits per heavy atom. The van der Waals surface area contributed by atoms with Crippen LogP contribution in [0.2, 0.25) is 0 Å². The molecule has 5 nitrogen and oxygen atoms in total. The third kappa shape index (κ3) is 5.23. The van der Waals surface area contributed by atoms with Crippen molar-refractivity contribution in [3.8, 4) is 0 Å². The van der Waals surface area contributed by atoms with E-state index in [1.165, 1.54) is 24.5 Å². The van der Waals surface area contributed by atoms with Crippen LogP contribution in [0, 0.1) is 5.82 Å². The Morgan fingerprint density at radius 2 is 2.14 bits per heavy atom. The predicted octanol–water partition coefficient (Wildman–Crippen LogP) is 1.75. The Hall–Kier alpha value is -1.73. The van der Waals surface area contributed by atoms with E-state index in [9.17, 15) is 12.8 Å². The highest BCUT2D eigenvalue weighted by molar-refractivity contribution is 7.89. The highest BCUT2D eigenvalue weighted by Gasteiger charge is 2.11. The van der Waals surface area contributed by atoms with Crippen LogP contribution in [0.3, 0.4) is 0 Å². The van der Waals surface area contributed by atoms with E-state index in [0.717, 1.165) is 0 Å². The summed E-state index contributed by atoms with van der Waals surface area (Å²) in [6, 6.07) is 6.18. The lowest BCUT2D eigenvalue weighted by molar-refractivity contribution is 0.449. The lowest BCUT2D eigenvalue weighted by Gasteiger charge is -2.16. The van der Waals surface area contributed by atoms with E-state index >= 15 is 0 Å². The number of halogens is 1. The molecule has 0 bridgehead atoms. The monoisotopic (exact) mass is 325 g/mol. The molecule has 0 saturated heterocycles. The molecule has 1 aromatic heterocycles. The lowest BCUT2D eigenvalue weighted by atomic mass is 10.1. The molecular weight excluding hydrogens is 305 g/mol. The second-order valence-corrected chi connectivity index (χ2v) is 7.63. The first-order valence-electron chi connectivity index (χ1n) is 6.99. The molecule has 1 atom stereocenters. The van der Waals surface area contributed by atoms with Crippen LogP contribution in [0.25, 0.3) is 0 Å². The Bertz CT molecular complexity index is 714. The lowest BCUT2D eigenvalue weighted by Crippen LogP contribution is -2.30. The zero-order valence-corrected chi connectivity index (χ0v) is 13.5. The zero-order chi connectivity index (χ0) is 16.2. The van der Waals surface area contributed by atoms with Crippen LogP contribution < -0.4 is 5.32 Å². The van der Waals surface area contributed by atoms with Gasteiger partial charge in [-0.3, -0.25) is 4.68 Å². The van der Waals surface area contributed by atoms with Crippen LogP contribution in [0.1, 0.15) is 18.1 Å². The van der Waals surface area contributed by atoms with E-state index in [-0.39, 0.29) is 17.6 Å². The summed E-state index contributed by atoms with van der Waals surface area (Å²) in [5.74, 6) is -0.452. The Balaban J connectivity index is 2.03. The molecule has 120 valence electrons. The summed E-state index contributed by atoms with van der Waals surface area (Å²) in [6.07, 6.45) is 4.76. The highest BCUT2D eigenvalue weighted by Crippen LogP contribution is 2.14. The van der Waals surface area contributed by atoms with Crippen molar-refractivity contribution < 1.29 is 12.8 Å². The quantitative estimate of drug-likeness (QED) is 0.842. The standard InChI is InChI=1S/C15H20FN3O2S/c1-12(10-19-7-3-6-18-19)17-9-14-8-15(16)5-4-13(14)11-22(2,20)21/h3-8,12,17H,9-11H2,1-2H3/t12-/m1/s1. The summed E-state index contributed by atoms with van der Waals surface area (Å²) < 4.78 is 38.1. The fraction of sp³-hybridized carbons (Fsp3) is 0.400. The first-order valence-corrected chi connectivity index (χ1v) is 9.05. The van der Waals surface area contributed by atoms with E-state index in [1.54, 1.807) is 10.9 Å². The maximum Gasteiger partial charge on any atom is 0.151 e. The molecular formula is C15H20FN3O2S. The summed E-state index contributed by atoms with van der Waals surface area (Å²) in [5, 5.41) is 7.40. The summed E-state index contributed by atoms with van der Waals surface area (Å²) in [5.41, 5.74) is 1.29. The number of rotatable bonds is 7. The van der Waals surface area contributed by atoms with Gasteiger partial charge >= 0.3 is 0 Å². The van der Waals surface area contributed by atoms with Crippen molar-refractivity contribution in [2.45, 2.75) is 31.8 Å². The fourth-order valence-electron chi connectivity index (χ4n) is 2.22. The van der Waals surface area contributed by atoms with Gasteiger partial charge in [-0.05, 0) is 36.2 Å². The van der Waals surface area contributed by atoms with Gasteiger partial charge in [0.2, 0.25) is 0 Å². The molecule has 0 aliphatic rings. The normalized spacial score (nSPS) is 13.2. The van der Waals surface area contributed by atoms with Crippen molar-refractivity contribution in [1.29, 1.82) is 0 Å². The fourth-order valence-corrected chi connectivity index (χ4v) is 3.07. The van der Waals surface area contributed by atoms with E-state index in [0.29, 0.717) is 24.2 Å². The molecule has 1 aromatic carbocycles. The molecule has 0 radical (unpaired) electrons. The summed E-state index contributed by atoms with van der Waals surface area (Å²) in [7, 11) is -3.16. The van der Waals surface area contributed by atoms with E-state index in [4.69, 9.17) is 0 Å². The van der Waals surface area contributed by atoms with Crippen molar-refractivity contribution in [2.24, 2.45) is 0 Å². The molecule has 0 aliphatic heterocycles. The van der Waals surface area contributed by atoms with Gasteiger partial charge in [0.25, 0.3) is 0 Å². The molecule has 7 heteroatoms. The largest absolute Gasteiger partial charge is 0.308 e. The van der Waals surface area contributed by atoms with Crippen molar-refractivity contribution in [3.63, 3.8) is 0 Å². The van der Waals surface area contributed by atoms with Gasteiger partial charge in [0.15, 0.2) is 9.84 Å². The summed E-state index contributed by atoms with van der Waals surface area (Å²) in [6.45, 7) is 3.09. The first kappa shape index (κ1) is 16.6. The minimum atomic E-state index is -3.16. The van der Waals surface area contributed by atoms with Gasteiger partial charge in [-0.15, -0.1) is 0 Å². The SMILES string of the molecule is C[C@H](Cn1cccn1)NCc1cc(F)ccc1CS(C)(=O)=O. The second kappa shape index (κ2) is 7.02. The van der Waals surface area contributed by atoms with Crippen molar-refractivity contribution >= 4 is 9.84 Å². The molecule has 0 saturated carbocycles. The number of benzene rings is 1. The number of sulfone groups is 1. The number of nitrogens with one attached hydrogen (secondary N) is 1. The van der Waals surface area contributed by atoms with Crippen LogP contribution >= 0.6 is 0 Å². The van der Waals surface area contributed by atoms with E-state index in [1.807, 2.05) is 19.2 Å². The third-order valence-electron chi connectivity index (χ3n) is 3.25. The smallest absolute Gasteiger partial charge is 0.151 e. The number of nitrogens with zero attached hydrogens (tertiary/aromatic N) is 2. The van der Waals surface area contributed by atoms with Crippen LogP contribution in [0.4, 0.5) is 4.39 Å². The Labute approximate surface area is 130 Å². The van der Waals surface area contributed by atoms with E-state index in [2.05, 4.69) is 10.4 Å². The van der Waals surface area contributed by atoms with Gasteiger partial charge in [0, 0.05) is 31.2 Å². The molecule has 2 aromatic rings. The maximum absolute atomic E-state index is 13.4. The van der Waals surface area contributed by atoms with Gasteiger partial charge in [-0.25, -0.2) is 12.8 Å². The number of aromatic nitrogens is 2. The molecule has 22 heavy (non-hydrogen) atoms. The second-order valence-electron chi connectivity index (χ2n) is 5.49. The minimum absolute atomic E-state index is 0.0855. The minimum Gasteiger partial charge on any atom is -0.308 e. The van der Waals surface area contributed by atoms with Crippen molar-refractivity contribution in [1.82, 2.24) is 15.1 Å². The maximum atomic E-state index is 13.4. The molecule has 0 fully saturated rings. The van der Waals surface area contributed by atoms with E-state index < -0.39 is 9.84 Å². The highest BCUT2D eigenvalue weighted by atomic mass is 32.2. The molecule has 0 unspecified atom stereocenters. The van der Waals surface area contributed by atoms with Crippen LogP contribution in [-0.4, -0.2) is 30.5 Å². The average molecular weight is 325 g/mol. The van der Waals surface area contributed by atoms with Gasteiger partial charge < -0.3 is 5.32 Å². The first-order chi connectivity index (χ1) is 10.3. The van der Waals surface area contributed by atoms with Crippen LogP contribution in [-0.2, 0) is 28.7 Å². The van der Waals surface area contributed by atoms with Gasteiger partial charge in [0.1, 0.15) is 5.82 Å².